The summed E-state index contributed by atoms with van der Waals surface area (Å²) < 4.78 is 16.9. The molecule has 0 aromatic heterocycles. The van der Waals surface area contributed by atoms with Crippen molar-refractivity contribution < 1.29 is 23.8 Å². The van der Waals surface area contributed by atoms with E-state index in [-0.39, 0.29) is 17.2 Å². The fourth-order valence-corrected chi connectivity index (χ4v) is 4.88. The molecule has 0 amide bonds. The molecule has 2 atom stereocenters. The van der Waals surface area contributed by atoms with Crippen LogP contribution < -0.4 is 9.47 Å². The summed E-state index contributed by atoms with van der Waals surface area (Å²) in [7, 11) is 1.59. The first kappa shape index (κ1) is 25.0. The highest BCUT2D eigenvalue weighted by Crippen LogP contribution is 2.48. The molecule has 0 radical (unpaired) electrons. The second-order valence-electron chi connectivity index (χ2n) is 9.73. The van der Waals surface area contributed by atoms with E-state index in [4.69, 9.17) is 19.2 Å². The van der Waals surface area contributed by atoms with Crippen LogP contribution in [0, 0.1) is 11.3 Å². The van der Waals surface area contributed by atoms with Crippen molar-refractivity contribution in [2.75, 3.05) is 20.3 Å². The van der Waals surface area contributed by atoms with Crippen molar-refractivity contribution in [2.45, 2.75) is 72.6 Å². The average Bonchev–Trinajstić information content (AvgIpc) is 2.75. The molecule has 1 aromatic carbocycles. The minimum absolute atomic E-state index is 0.0548. The predicted molar refractivity (Wildman–Crippen MR) is 129 cm³/mol. The van der Waals surface area contributed by atoms with Gasteiger partial charge < -0.3 is 14.2 Å². The molecule has 0 spiro atoms. The van der Waals surface area contributed by atoms with Crippen molar-refractivity contribution in [1.29, 1.82) is 0 Å². The van der Waals surface area contributed by atoms with Crippen LogP contribution in [0.1, 0.15) is 78.2 Å². The van der Waals surface area contributed by atoms with Gasteiger partial charge in [-0.2, -0.15) is 0 Å². The summed E-state index contributed by atoms with van der Waals surface area (Å²) in [6, 6.07) is 5.65. The highest BCUT2D eigenvalue weighted by molar-refractivity contribution is 6.09. The minimum atomic E-state index is -0.641. The number of benzene rings is 1. The summed E-state index contributed by atoms with van der Waals surface area (Å²) >= 11 is 0. The number of Topliss-reactive ketones (excluding diaryl/α,β-unsaturated/α-hetero) is 1. The number of ketones is 1. The van der Waals surface area contributed by atoms with Gasteiger partial charge in [0.15, 0.2) is 17.3 Å². The van der Waals surface area contributed by atoms with E-state index in [1.54, 1.807) is 7.11 Å². The van der Waals surface area contributed by atoms with E-state index in [1.165, 1.54) is 0 Å². The van der Waals surface area contributed by atoms with Gasteiger partial charge in [-0.25, -0.2) is 0 Å². The molecule has 1 heterocycles. The van der Waals surface area contributed by atoms with Gasteiger partial charge in [-0.15, -0.1) is 0 Å². The molecule has 0 bridgehead atoms. The van der Waals surface area contributed by atoms with E-state index in [0.717, 1.165) is 30.5 Å². The van der Waals surface area contributed by atoms with Crippen molar-refractivity contribution in [3.63, 3.8) is 0 Å². The third kappa shape index (κ3) is 5.48. The smallest absolute Gasteiger partial charge is 0.315 e. The largest absolute Gasteiger partial charge is 0.493 e. The van der Waals surface area contributed by atoms with Gasteiger partial charge in [0.25, 0.3) is 0 Å². The lowest BCUT2D eigenvalue weighted by atomic mass is 9.67. The molecule has 1 aromatic rings. The van der Waals surface area contributed by atoms with Gasteiger partial charge >= 0.3 is 5.97 Å². The summed E-state index contributed by atoms with van der Waals surface area (Å²) in [5.74, 6) is -0.152. The number of hydrogen-bond acceptors (Lipinski definition) is 6. The zero-order valence-corrected chi connectivity index (χ0v) is 20.8. The maximum absolute atomic E-state index is 13.4. The fraction of sp³-hybridized carbons (Fsp3) is 0.593. The standard InChI is InChI=1S/C27H37NO5/c1-7-9-10-13-33-26(30)23-17(3)28-19-15-27(4,5)16-20(29)25(19)24(23)18-11-12-21(32-8-2)22(14-18)31-6/h11-12,14,23-24H,7-10,13,15-16H2,1-6H3/t23?,24-/m1/s1. The van der Waals surface area contributed by atoms with E-state index < -0.39 is 11.8 Å². The van der Waals surface area contributed by atoms with Gasteiger partial charge in [0.1, 0.15) is 5.92 Å². The van der Waals surface area contributed by atoms with Crippen LogP contribution in [0.3, 0.4) is 0 Å². The van der Waals surface area contributed by atoms with Crippen molar-refractivity contribution in [1.82, 2.24) is 0 Å². The van der Waals surface area contributed by atoms with Gasteiger partial charge in [0, 0.05) is 29.3 Å². The average molecular weight is 456 g/mol. The van der Waals surface area contributed by atoms with Crippen LogP contribution in [0.5, 0.6) is 11.5 Å². The van der Waals surface area contributed by atoms with Gasteiger partial charge in [0.05, 0.1) is 20.3 Å². The molecule has 3 rings (SSSR count). The Morgan fingerprint density at radius 1 is 1.15 bits per heavy atom. The summed E-state index contributed by atoms with van der Waals surface area (Å²) in [6.07, 6.45) is 4.02. The van der Waals surface area contributed by atoms with E-state index in [1.807, 2.05) is 32.0 Å². The molecular formula is C27H37NO5. The van der Waals surface area contributed by atoms with Crippen LogP contribution >= 0.6 is 0 Å². The molecule has 33 heavy (non-hydrogen) atoms. The number of carbonyl (C=O) groups is 2. The molecule has 0 fully saturated rings. The third-order valence-electron chi connectivity index (χ3n) is 6.39. The Hall–Kier alpha value is -2.63. The lowest BCUT2D eigenvalue weighted by Gasteiger charge is -2.39. The Morgan fingerprint density at radius 3 is 2.58 bits per heavy atom. The van der Waals surface area contributed by atoms with Gasteiger partial charge in [0.2, 0.25) is 0 Å². The van der Waals surface area contributed by atoms with Gasteiger partial charge in [-0.05, 0) is 49.8 Å². The van der Waals surface area contributed by atoms with Crippen molar-refractivity contribution in [3.8, 4) is 11.5 Å². The molecule has 180 valence electrons. The first-order chi connectivity index (χ1) is 15.7. The lowest BCUT2D eigenvalue weighted by molar-refractivity contribution is -0.146. The van der Waals surface area contributed by atoms with Gasteiger partial charge in [-0.1, -0.05) is 39.7 Å². The second kappa shape index (κ2) is 10.5. The molecule has 0 N–H and O–H groups in total. The van der Waals surface area contributed by atoms with Crippen LogP contribution in [0.2, 0.25) is 0 Å². The molecule has 6 nitrogen and oxygen atoms in total. The Morgan fingerprint density at radius 2 is 1.91 bits per heavy atom. The molecule has 1 aliphatic carbocycles. The summed E-state index contributed by atoms with van der Waals surface area (Å²) in [6.45, 7) is 11.0. The highest BCUT2D eigenvalue weighted by Gasteiger charge is 2.46. The van der Waals surface area contributed by atoms with E-state index in [9.17, 15) is 9.59 Å². The summed E-state index contributed by atoms with van der Waals surface area (Å²) in [4.78, 5) is 31.5. The Labute approximate surface area is 197 Å². The second-order valence-corrected chi connectivity index (χ2v) is 9.73. The molecule has 1 unspecified atom stereocenters. The SMILES string of the molecule is CCCCCOC(=O)C1C(C)=NC2=C(C(=O)CC(C)(C)C2)[C@@H]1c1ccc(OCC)c(OC)c1. The zero-order chi connectivity index (χ0) is 24.2. The highest BCUT2D eigenvalue weighted by atomic mass is 16.5. The Kier molecular flexibility index (Phi) is 7.98. The van der Waals surface area contributed by atoms with Crippen molar-refractivity contribution in [2.24, 2.45) is 16.3 Å². The number of methoxy groups -OCH3 is 1. The Bertz CT molecular complexity index is 959. The van der Waals surface area contributed by atoms with E-state index >= 15 is 0 Å². The molecule has 1 aliphatic heterocycles. The van der Waals surface area contributed by atoms with Crippen molar-refractivity contribution >= 4 is 17.5 Å². The molecule has 0 saturated carbocycles. The predicted octanol–water partition coefficient (Wildman–Crippen LogP) is 5.64. The van der Waals surface area contributed by atoms with E-state index in [0.29, 0.717) is 48.8 Å². The number of rotatable bonds is 9. The summed E-state index contributed by atoms with van der Waals surface area (Å²) in [5, 5.41) is 0. The number of allylic oxidation sites excluding steroid dienone is 2. The quantitative estimate of drug-likeness (QED) is 0.356. The first-order valence-electron chi connectivity index (χ1n) is 12.0. The Balaban J connectivity index is 2.07. The lowest BCUT2D eigenvalue weighted by Crippen LogP contribution is -2.39. The summed E-state index contributed by atoms with van der Waals surface area (Å²) in [5.41, 5.74) is 2.80. The number of ether oxygens (including phenoxy) is 3. The normalized spacial score (nSPS) is 21.9. The van der Waals surface area contributed by atoms with Crippen molar-refractivity contribution in [3.05, 3.63) is 35.0 Å². The first-order valence-corrected chi connectivity index (χ1v) is 12.0. The van der Waals surface area contributed by atoms with Crippen LogP contribution in [0.4, 0.5) is 0 Å². The zero-order valence-electron chi connectivity index (χ0n) is 20.8. The van der Waals surface area contributed by atoms with E-state index in [2.05, 4.69) is 20.8 Å². The van der Waals surface area contributed by atoms with Gasteiger partial charge in [-0.3, -0.25) is 14.6 Å². The molecule has 2 aliphatic rings. The van der Waals surface area contributed by atoms with Crippen LogP contribution in [0.25, 0.3) is 0 Å². The maximum Gasteiger partial charge on any atom is 0.315 e. The number of esters is 1. The molecular weight excluding hydrogens is 418 g/mol. The van der Waals surface area contributed by atoms with Crippen LogP contribution in [-0.2, 0) is 14.3 Å². The topological polar surface area (TPSA) is 74.2 Å². The van der Waals surface area contributed by atoms with Crippen LogP contribution in [0.15, 0.2) is 34.5 Å². The fourth-order valence-electron chi connectivity index (χ4n) is 4.88. The monoisotopic (exact) mass is 455 g/mol. The maximum atomic E-state index is 13.4. The number of hydrogen-bond donors (Lipinski definition) is 0. The number of nitrogens with zero attached hydrogens (tertiary/aromatic N) is 1. The number of carbonyl (C=O) groups excluding carboxylic acids is 2. The van der Waals surface area contributed by atoms with Crippen LogP contribution in [-0.4, -0.2) is 37.8 Å². The molecule has 0 saturated heterocycles. The number of aliphatic imine (C=N–C) groups is 1. The number of unbranched alkanes of at least 4 members (excludes halogenated alkanes) is 2. The molecule has 6 heteroatoms. The third-order valence-corrected chi connectivity index (χ3v) is 6.39. The minimum Gasteiger partial charge on any atom is -0.493 e.